The first-order chi connectivity index (χ1) is 7.27. The molecular weight excluding hydrogens is 222 g/mol. The van der Waals surface area contributed by atoms with Gasteiger partial charge in [0.1, 0.15) is 0 Å². The van der Waals surface area contributed by atoms with E-state index in [2.05, 4.69) is 13.8 Å². The fourth-order valence-corrected chi connectivity index (χ4v) is 3.01. The molecule has 0 aromatic heterocycles. The molecule has 3 nitrogen and oxygen atoms in total. The van der Waals surface area contributed by atoms with Gasteiger partial charge in [-0.1, -0.05) is 13.8 Å². The maximum absolute atomic E-state index is 12.1. The number of hydrogen-bond donors (Lipinski definition) is 0. The summed E-state index contributed by atoms with van der Waals surface area (Å²) in [4.78, 5) is 25.3. The van der Waals surface area contributed by atoms with Gasteiger partial charge in [-0.15, -0.1) is 11.8 Å². The van der Waals surface area contributed by atoms with Gasteiger partial charge in [0.15, 0.2) is 0 Å². The standard InChI is InChI=1S/C12H21NO2S/c1-6-8(2)16-9-7-10(14)13(11(9)15)12(3,4)5/h8-9H,6-7H2,1-5H3. The summed E-state index contributed by atoms with van der Waals surface area (Å²) in [7, 11) is 0. The van der Waals surface area contributed by atoms with Crippen LogP contribution in [0.1, 0.15) is 47.5 Å². The average Bonchev–Trinajstić information content (AvgIpc) is 2.40. The lowest BCUT2D eigenvalue weighted by atomic mass is 10.1. The van der Waals surface area contributed by atoms with Gasteiger partial charge in [-0.25, -0.2) is 0 Å². The molecule has 0 radical (unpaired) electrons. The summed E-state index contributed by atoms with van der Waals surface area (Å²) < 4.78 is 0. The number of imide groups is 1. The van der Waals surface area contributed by atoms with E-state index in [1.54, 1.807) is 11.8 Å². The molecule has 0 aromatic rings. The molecule has 0 spiro atoms. The molecule has 0 aromatic carbocycles. The van der Waals surface area contributed by atoms with E-state index in [9.17, 15) is 9.59 Å². The van der Waals surface area contributed by atoms with Crippen LogP contribution in [-0.2, 0) is 9.59 Å². The van der Waals surface area contributed by atoms with Crippen LogP contribution in [0.5, 0.6) is 0 Å². The maximum atomic E-state index is 12.1. The molecule has 2 amide bonds. The van der Waals surface area contributed by atoms with E-state index >= 15 is 0 Å². The van der Waals surface area contributed by atoms with Crippen molar-refractivity contribution < 1.29 is 9.59 Å². The van der Waals surface area contributed by atoms with Gasteiger partial charge in [-0.05, 0) is 27.2 Å². The van der Waals surface area contributed by atoms with Crippen molar-refractivity contribution in [3.8, 4) is 0 Å². The van der Waals surface area contributed by atoms with Crippen LogP contribution in [0.15, 0.2) is 0 Å². The summed E-state index contributed by atoms with van der Waals surface area (Å²) in [6.45, 7) is 9.90. The molecule has 0 saturated carbocycles. The normalized spacial score (nSPS) is 24.1. The van der Waals surface area contributed by atoms with Gasteiger partial charge in [0.25, 0.3) is 0 Å². The zero-order valence-electron chi connectivity index (χ0n) is 10.7. The van der Waals surface area contributed by atoms with Crippen LogP contribution in [0.3, 0.4) is 0 Å². The summed E-state index contributed by atoms with van der Waals surface area (Å²) >= 11 is 1.63. The van der Waals surface area contributed by atoms with Crippen LogP contribution in [-0.4, -0.2) is 32.8 Å². The number of thioether (sulfide) groups is 1. The van der Waals surface area contributed by atoms with E-state index in [0.29, 0.717) is 11.7 Å². The first-order valence-corrected chi connectivity index (χ1v) is 6.74. The van der Waals surface area contributed by atoms with Crippen molar-refractivity contribution in [2.24, 2.45) is 0 Å². The zero-order valence-corrected chi connectivity index (χ0v) is 11.6. The summed E-state index contributed by atoms with van der Waals surface area (Å²) in [6, 6.07) is 0. The van der Waals surface area contributed by atoms with Crippen LogP contribution in [0.2, 0.25) is 0 Å². The molecule has 2 atom stereocenters. The monoisotopic (exact) mass is 243 g/mol. The fourth-order valence-electron chi connectivity index (χ4n) is 1.79. The number of amides is 2. The van der Waals surface area contributed by atoms with E-state index in [0.717, 1.165) is 6.42 Å². The Kier molecular flexibility index (Phi) is 4.05. The quantitative estimate of drug-likeness (QED) is 0.714. The van der Waals surface area contributed by atoms with Crippen molar-refractivity contribution in [1.82, 2.24) is 4.90 Å². The van der Waals surface area contributed by atoms with Gasteiger partial charge in [-0.3, -0.25) is 14.5 Å². The topological polar surface area (TPSA) is 37.4 Å². The van der Waals surface area contributed by atoms with Crippen LogP contribution in [0.4, 0.5) is 0 Å². The Morgan fingerprint density at radius 2 is 2.00 bits per heavy atom. The fraction of sp³-hybridized carbons (Fsp3) is 0.833. The molecule has 0 N–H and O–H groups in total. The number of carbonyl (C=O) groups is 2. The predicted molar refractivity (Wildman–Crippen MR) is 67.4 cm³/mol. The third-order valence-electron chi connectivity index (χ3n) is 2.75. The molecule has 92 valence electrons. The summed E-state index contributed by atoms with van der Waals surface area (Å²) in [5, 5.41) is 0.267. The van der Waals surface area contributed by atoms with Crippen LogP contribution >= 0.6 is 11.8 Å². The minimum atomic E-state index is -0.390. The van der Waals surface area contributed by atoms with Crippen LogP contribution in [0, 0.1) is 0 Å². The minimum Gasteiger partial charge on any atom is -0.276 e. The largest absolute Gasteiger partial charge is 0.276 e. The third-order valence-corrected chi connectivity index (χ3v) is 4.24. The number of nitrogens with zero attached hydrogens (tertiary/aromatic N) is 1. The lowest BCUT2D eigenvalue weighted by Gasteiger charge is -2.30. The highest BCUT2D eigenvalue weighted by Gasteiger charge is 2.44. The Balaban J connectivity index is 2.75. The second kappa shape index (κ2) is 4.78. The number of carbonyl (C=O) groups excluding carboxylic acids is 2. The molecule has 0 aliphatic carbocycles. The molecule has 1 fully saturated rings. The van der Waals surface area contributed by atoms with E-state index in [1.807, 2.05) is 20.8 Å². The van der Waals surface area contributed by atoms with Crippen molar-refractivity contribution in [2.75, 3.05) is 0 Å². The molecule has 16 heavy (non-hydrogen) atoms. The lowest BCUT2D eigenvalue weighted by molar-refractivity contribution is -0.143. The van der Waals surface area contributed by atoms with Gasteiger partial charge in [0.2, 0.25) is 11.8 Å². The van der Waals surface area contributed by atoms with Crippen molar-refractivity contribution in [2.45, 2.75) is 63.5 Å². The van der Waals surface area contributed by atoms with Gasteiger partial charge in [-0.2, -0.15) is 0 Å². The molecule has 4 heteroatoms. The average molecular weight is 243 g/mol. The number of likely N-dealkylation sites (tertiary alicyclic amines) is 1. The Morgan fingerprint density at radius 1 is 1.44 bits per heavy atom. The van der Waals surface area contributed by atoms with E-state index in [1.165, 1.54) is 4.90 Å². The molecule has 1 heterocycles. The number of rotatable bonds is 3. The first-order valence-electron chi connectivity index (χ1n) is 5.79. The lowest BCUT2D eigenvalue weighted by Crippen LogP contribution is -2.46. The van der Waals surface area contributed by atoms with E-state index < -0.39 is 0 Å². The molecule has 2 unspecified atom stereocenters. The minimum absolute atomic E-state index is 0.0113. The molecule has 1 aliphatic heterocycles. The van der Waals surface area contributed by atoms with Crippen molar-refractivity contribution in [3.63, 3.8) is 0 Å². The summed E-state index contributed by atoms with van der Waals surface area (Å²) in [6.07, 6.45) is 1.39. The van der Waals surface area contributed by atoms with Gasteiger partial charge < -0.3 is 0 Å². The van der Waals surface area contributed by atoms with Gasteiger partial charge >= 0.3 is 0 Å². The zero-order chi connectivity index (χ0) is 12.5. The Morgan fingerprint density at radius 3 is 2.38 bits per heavy atom. The van der Waals surface area contributed by atoms with E-state index in [4.69, 9.17) is 0 Å². The third kappa shape index (κ3) is 2.78. The SMILES string of the molecule is CCC(C)SC1CC(=O)N(C(C)(C)C)C1=O. The van der Waals surface area contributed by atoms with Crippen molar-refractivity contribution in [1.29, 1.82) is 0 Å². The van der Waals surface area contributed by atoms with Gasteiger partial charge in [0.05, 0.1) is 5.25 Å². The second-order valence-corrected chi connectivity index (χ2v) is 6.93. The smallest absolute Gasteiger partial charge is 0.243 e. The maximum Gasteiger partial charge on any atom is 0.243 e. The Labute approximate surface area is 102 Å². The predicted octanol–water partition coefficient (Wildman–Crippen LogP) is 2.44. The van der Waals surface area contributed by atoms with Crippen molar-refractivity contribution >= 4 is 23.6 Å². The molecule has 1 rings (SSSR count). The number of hydrogen-bond acceptors (Lipinski definition) is 3. The molecule has 1 aliphatic rings. The van der Waals surface area contributed by atoms with E-state index in [-0.39, 0.29) is 22.6 Å². The summed E-state index contributed by atoms with van der Waals surface area (Å²) in [5.41, 5.74) is -0.390. The molecular formula is C12H21NO2S. The Bertz CT molecular complexity index is 296. The highest BCUT2D eigenvalue weighted by molar-refractivity contribution is 8.01. The highest BCUT2D eigenvalue weighted by atomic mass is 32.2. The Hall–Kier alpha value is -0.510. The summed E-state index contributed by atoms with van der Waals surface area (Å²) in [5.74, 6) is -0.0406. The highest BCUT2D eigenvalue weighted by Crippen LogP contribution is 2.33. The molecule has 0 bridgehead atoms. The van der Waals surface area contributed by atoms with Crippen LogP contribution < -0.4 is 0 Å². The van der Waals surface area contributed by atoms with Crippen LogP contribution in [0.25, 0.3) is 0 Å². The second-order valence-electron chi connectivity index (χ2n) is 5.29. The first kappa shape index (κ1) is 13.6. The molecule has 1 saturated heterocycles. The van der Waals surface area contributed by atoms with Crippen molar-refractivity contribution in [3.05, 3.63) is 0 Å². The van der Waals surface area contributed by atoms with Gasteiger partial charge in [0, 0.05) is 17.2 Å².